The molecule has 178 valence electrons. The molecule has 3 aromatic heterocycles. The molecule has 8 nitrogen and oxygen atoms in total. The van der Waals surface area contributed by atoms with Crippen LogP contribution in [0.4, 0.5) is 19.0 Å². The topological polar surface area (TPSA) is 88.8 Å². The van der Waals surface area contributed by atoms with Crippen molar-refractivity contribution in [1.29, 1.82) is 0 Å². The van der Waals surface area contributed by atoms with E-state index in [2.05, 4.69) is 25.4 Å². The molecule has 3 aromatic rings. The lowest BCUT2D eigenvalue weighted by Gasteiger charge is -2.36. The minimum atomic E-state index is -4.43. The first-order valence-corrected chi connectivity index (χ1v) is 11.1. The van der Waals surface area contributed by atoms with E-state index in [1.54, 1.807) is 17.9 Å². The van der Waals surface area contributed by atoms with Crippen LogP contribution in [-0.4, -0.2) is 54.7 Å². The normalized spacial score (nSPS) is 21.8. The number of amides is 1. The molecule has 0 bridgehead atoms. The van der Waals surface area contributed by atoms with Gasteiger partial charge in [-0.15, -0.1) is 0 Å². The van der Waals surface area contributed by atoms with Crippen LogP contribution in [-0.2, 0) is 6.18 Å². The first-order valence-electron chi connectivity index (χ1n) is 11.1. The van der Waals surface area contributed by atoms with Gasteiger partial charge in [0.1, 0.15) is 18.0 Å². The molecule has 1 aliphatic heterocycles. The van der Waals surface area contributed by atoms with Crippen LogP contribution in [0.1, 0.15) is 40.4 Å². The molecule has 1 saturated heterocycles. The molecular formula is C23H24F3N7O. The van der Waals surface area contributed by atoms with Gasteiger partial charge in [0.05, 0.1) is 11.3 Å². The molecule has 0 aromatic carbocycles. The molecule has 0 spiro atoms. The number of carbonyl (C=O) groups is 1. The van der Waals surface area contributed by atoms with Gasteiger partial charge in [0.2, 0.25) is 0 Å². The Labute approximate surface area is 194 Å². The van der Waals surface area contributed by atoms with Crippen LogP contribution < -0.4 is 5.32 Å². The third-order valence-electron chi connectivity index (χ3n) is 6.46. The summed E-state index contributed by atoms with van der Waals surface area (Å²) in [5, 5.41) is 7.44. The molecule has 1 amide bonds. The second-order valence-corrected chi connectivity index (χ2v) is 8.97. The van der Waals surface area contributed by atoms with E-state index >= 15 is 0 Å². The van der Waals surface area contributed by atoms with Gasteiger partial charge in [0, 0.05) is 31.0 Å². The molecule has 1 aliphatic carbocycles. The molecular weight excluding hydrogens is 447 g/mol. The molecule has 2 aliphatic rings. The van der Waals surface area contributed by atoms with E-state index in [0.29, 0.717) is 53.6 Å². The number of alkyl halides is 3. The molecule has 1 saturated carbocycles. The zero-order chi connectivity index (χ0) is 24.0. The van der Waals surface area contributed by atoms with Gasteiger partial charge < -0.3 is 10.2 Å². The number of piperidine rings is 1. The lowest BCUT2D eigenvalue weighted by molar-refractivity contribution is -0.137. The summed E-state index contributed by atoms with van der Waals surface area (Å²) in [6.07, 6.45) is -0.157. The number of carbonyl (C=O) groups excluding carboxylic acids is 1. The quantitative estimate of drug-likeness (QED) is 0.611. The average Bonchev–Trinajstić information content (AvgIpc) is 3.44. The molecule has 4 heterocycles. The summed E-state index contributed by atoms with van der Waals surface area (Å²) in [6.45, 7) is 4.61. The van der Waals surface area contributed by atoms with Crippen LogP contribution in [0, 0.1) is 25.7 Å². The summed E-state index contributed by atoms with van der Waals surface area (Å²) in [5.41, 5.74) is 0.788. The highest BCUT2D eigenvalue weighted by atomic mass is 19.4. The van der Waals surface area contributed by atoms with Gasteiger partial charge in [-0.1, -0.05) is 0 Å². The Morgan fingerprint density at radius 1 is 1.12 bits per heavy atom. The molecule has 2 fully saturated rings. The standard InChI is InChI=1S/C23H24F3N7O/c1-13-3-5-19(33-12-29-14(2)31-33)21(30-13)22(34)32-11-16-7-15(16)8-18(32)10-28-20-6-4-17(9-27-20)23(24,25)26/h3-6,9,12,15-16,18H,7-8,10-11H2,1-2H3,(H,27,28)/t15-,16+,18+/m1/s1. The Morgan fingerprint density at radius 2 is 1.94 bits per heavy atom. The average molecular weight is 471 g/mol. The fraction of sp³-hybridized carbons (Fsp3) is 0.435. The van der Waals surface area contributed by atoms with Crippen LogP contribution in [0.25, 0.3) is 5.69 Å². The van der Waals surface area contributed by atoms with Crippen LogP contribution in [0.2, 0.25) is 0 Å². The van der Waals surface area contributed by atoms with Crippen molar-refractivity contribution < 1.29 is 18.0 Å². The Kier molecular flexibility index (Phi) is 5.49. The zero-order valence-corrected chi connectivity index (χ0v) is 18.8. The molecule has 11 heteroatoms. The first-order chi connectivity index (χ1) is 16.2. The lowest BCUT2D eigenvalue weighted by Crippen LogP contribution is -2.48. The number of nitrogens with one attached hydrogen (secondary N) is 1. The number of nitrogens with zero attached hydrogens (tertiary/aromatic N) is 6. The number of aryl methyl sites for hydroxylation is 2. The van der Waals surface area contributed by atoms with Gasteiger partial charge in [-0.25, -0.2) is 19.6 Å². The fourth-order valence-corrected chi connectivity index (χ4v) is 4.52. The van der Waals surface area contributed by atoms with Gasteiger partial charge >= 0.3 is 6.18 Å². The van der Waals surface area contributed by atoms with Crippen LogP contribution >= 0.6 is 0 Å². The number of halogens is 3. The van der Waals surface area contributed by atoms with Crippen LogP contribution in [0.5, 0.6) is 0 Å². The summed E-state index contributed by atoms with van der Waals surface area (Å²) in [6, 6.07) is 5.82. The highest BCUT2D eigenvalue weighted by molar-refractivity contribution is 5.96. The maximum absolute atomic E-state index is 13.7. The number of likely N-dealkylation sites (tertiary alicyclic amines) is 1. The van der Waals surface area contributed by atoms with Crippen molar-refractivity contribution in [2.75, 3.05) is 18.4 Å². The third-order valence-corrected chi connectivity index (χ3v) is 6.46. The Balaban J connectivity index is 1.37. The van der Waals surface area contributed by atoms with E-state index in [4.69, 9.17) is 0 Å². The highest BCUT2D eigenvalue weighted by Crippen LogP contribution is 2.47. The molecule has 1 N–H and O–H groups in total. The predicted molar refractivity (Wildman–Crippen MR) is 117 cm³/mol. The lowest BCUT2D eigenvalue weighted by atomic mass is 10.0. The van der Waals surface area contributed by atoms with Crippen LogP contribution in [0.3, 0.4) is 0 Å². The minimum Gasteiger partial charge on any atom is -0.368 e. The number of hydrogen-bond donors (Lipinski definition) is 1. The maximum atomic E-state index is 13.7. The van der Waals surface area contributed by atoms with Crippen molar-refractivity contribution >= 4 is 11.7 Å². The summed E-state index contributed by atoms with van der Waals surface area (Å²) >= 11 is 0. The predicted octanol–water partition coefficient (Wildman–Crippen LogP) is 3.66. The molecule has 34 heavy (non-hydrogen) atoms. The zero-order valence-electron chi connectivity index (χ0n) is 18.8. The third kappa shape index (κ3) is 4.46. The second-order valence-electron chi connectivity index (χ2n) is 8.97. The minimum absolute atomic E-state index is 0.131. The van der Waals surface area contributed by atoms with E-state index in [1.807, 2.05) is 24.0 Å². The van der Waals surface area contributed by atoms with E-state index in [1.165, 1.54) is 6.07 Å². The summed E-state index contributed by atoms with van der Waals surface area (Å²) < 4.78 is 40.0. The summed E-state index contributed by atoms with van der Waals surface area (Å²) in [5.74, 6) is 1.78. The number of fused-ring (bicyclic) bond motifs is 1. The Bertz CT molecular complexity index is 1210. The van der Waals surface area contributed by atoms with Gasteiger partial charge in [-0.2, -0.15) is 18.3 Å². The Hall–Kier alpha value is -3.50. The van der Waals surface area contributed by atoms with E-state index in [-0.39, 0.29) is 11.9 Å². The largest absolute Gasteiger partial charge is 0.417 e. The highest BCUT2D eigenvalue weighted by Gasteiger charge is 2.47. The number of rotatable bonds is 5. The van der Waals surface area contributed by atoms with E-state index in [9.17, 15) is 18.0 Å². The van der Waals surface area contributed by atoms with Gasteiger partial charge in [-0.3, -0.25) is 4.79 Å². The van der Waals surface area contributed by atoms with Gasteiger partial charge in [-0.05, 0) is 62.8 Å². The van der Waals surface area contributed by atoms with E-state index < -0.39 is 11.7 Å². The molecule has 0 radical (unpaired) electrons. The smallest absolute Gasteiger partial charge is 0.368 e. The Morgan fingerprint density at radius 3 is 2.62 bits per heavy atom. The first kappa shape index (κ1) is 22.3. The SMILES string of the molecule is Cc1ccc(-n2cnc(C)n2)c(C(=O)N2C[C@@H]3C[C@@H]3C[C@H]2CNc2ccc(C(F)(F)F)cn2)n1. The van der Waals surface area contributed by atoms with Crippen molar-refractivity contribution in [1.82, 2.24) is 29.6 Å². The van der Waals surface area contributed by atoms with E-state index in [0.717, 1.165) is 25.1 Å². The van der Waals surface area contributed by atoms with Crippen molar-refractivity contribution in [3.8, 4) is 5.69 Å². The van der Waals surface area contributed by atoms with Crippen molar-refractivity contribution in [2.24, 2.45) is 11.8 Å². The number of anilines is 1. The second kappa shape index (κ2) is 8.37. The summed E-state index contributed by atoms with van der Waals surface area (Å²) in [7, 11) is 0. The molecule has 5 rings (SSSR count). The molecule has 0 unspecified atom stereocenters. The summed E-state index contributed by atoms with van der Waals surface area (Å²) in [4.78, 5) is 28.1. The van der Waals surface area contributed by atoms with Crippen molar-refractivity contribution in [3.05, 3.63) is 59.6 Å². The number of pyridine rings is 2. The fourth-order valence-electron chi connectivity index (χ4n) is 4.52. The van der Waals surface area contributed by atoms with Crippen molar-refractivity contribution in [2.45, 2.75) is 38.9 Å². The molecule has 3 atom stereocenters. The van der Waals surface area contributed by atoms with Crippen LogP contribution in [0.15, 0.2) is 36.8 Å². The number of hydrogen-bond acceptors (Lipinski definition) is 6. The number of aromatic nitrogens is 5. The maximum Gasteiger partial charge on any atom is 0.417 e. The monoisotopic (exact) mass is 471 g/mol. The van der Waals surface area contributed by atoms with Gasteiger partial charge in [0.25, 0.3) is 5.91 Å². The van der Waals surface area contributed by atoms with Crippen molar-refractivity contribution in [3.63, 3.8) is 0 Å². The van der Waals surface area contributed by atoms with Gasteiger partial charge in [0.15, 0.2) is 5.69 Å².